The topological polar surface area (TPSA) is 59.3 Å². The van der Waals surface area contributed by atoms with Gasteiger partial charge in [0.25, 0.3) is 0 Å². The number of methoxy groups -OCH3 is 2. The van der Waals surface area contributed by atoms with Gasteiger partial charge in [-0.3, -0.25) is 0 Å². The Morgan fingerprint density at radius 2 is 2.12 bits per heavy atom. The highest BCUT2D eigenvalue weighted by atomic mass is 16.5. The van der Waals surface area contributed by atoms with Crippen LogP contribution in [0.4, 0.5) is 0 Å². The molecule has 1 aromatic rings. The van der Waals surface area contributed by atoms with E-state index in [0.717, 1.165) is 0 Å². The average Bonchev–Trinajstić information content (AvgIpc) is 2.35. The molecule has 0 spiro atoms. The number of ether oxygens (including phenoxy) is 2. The van der Waals surface area contributed by atoms with Crippen molar-refractivity contribution in [3.63, 3.8) is 0 Å². The highest BCUT2D eigenvalue weighted by Crippen LogP contribution is 2.20. The zero-order chi connectivity index (χ0) is 12.0. The van der Waals surface area contributed by atoms with Gasteiger partial charge in [0, 0.05) is 7.11 Å². The van der Waals surface area contributed by atoms with Crippen molar-refractivity contribution in [1.82, 2.24) is 0 Å². The van der Waals surface area contributed by atoms with Crippen LogP contribution in [0.3, 0.4) is 0 Å². The van der Waals surface area contributed by atoms with Crippen molar-refractivity contribution in [2.24, 2.45) is 0 Å². The first-order valence-corrected chi connectivity index (χ1v) is 4.80. The summed E-state index contributed by atoms with van der Waals surface area (Å²) in [5.74, 6) is -0.896. The van der Waals surface area contributed by atoms with Crippen LogP contribution in [0.15, 0.2) is 24.3 Å². The Morgan fingerprint density at radius 1 is 1.44 bits per heavy atom. The molecule has 1 atom stereocenters. The van der Waals surface area contributed by atoms with Gasteiger partial charge in [0.2, 0.25) is 0 Å². The number of rotatable bonds is 4. The third kappa shape index (κ3) is 2.59. The minimum atomic E-state index is -0.458. The average molecular weight is 219 g/mol. The molecule has 16 heavy (non-hydrogen) atoms. The van der Waals surface area contributed by atoms with Gasteiger partial charge >= 0.3 is 5.97 Å². The van der Waals surface area contributed by atoms with Crippen LogP contribution < -0.4 is 0 Å². The zero-order valence-electron chi connectivity index (χ0n) is 9.27. The Labute approximate surface area is 94.4 Å². The number of carbonyl (C=O) groups excluding carboxylic acids is 1. The summed E-state index contributed by atoms with van der Waals surface area (Å²) in [6, 6.07) is 8.99. The van der Waals surface area contributed by atoms with E-state index in [0.29, 0.717) is 11.1 Å². The minimum absolute atomic E-state index is 0.254. The highest BCUT2D eigenvalue weighted by molar-refractivity contribution is 5.91. The van der Waals surface area contributed by atoms with Gasteiger partial charge in [-0.25, -0.2) is 4.79 Å². The molecule has 0 aliphatic heterocycles. The predicted molar refractivity (Wildman–Crippen MR) is 58.0 cm³/mol. The molecule has 4 nitrogen and oxygen atoms in total. The van der Waals surface area contributed by atoms with Gasteiger partial charge in [-0.05, 0) is 11.6 Å². The smallest absolute Gasteiger partial charge is 0.338 e. The fourth-order valence-electron chi connectivity index (χ4n) is 1.46. The minimum Gasteiger partial charge on any atom is -0.465 e. The number of hydrogen-bond acceptors (Lipinski definition) is 4. The molecule has 0 radical (unpaired) electrons. The summed E-state index contributed by atoms with van der Waals surface area (Å²) in [6.45, 7) is 0.254. The van der Waals surface area contributed by atoms with E-state index in [-0.39, 0.29) is 6.61 Å². The summed E-state index contributed by atoms with van der Waals surface area (Å²) < 4.78 is 9.60. The van der Waals surface area contributed by atoms with Crippen molar-refractivity contribution in [3.05, 3.63) is 35.4 Å². The second-order valence-electron chi connectivity index (χ2n) is 3.22. The first kappa shape index (κ1) is 12.2. The lowest BCUT2D eigenvalue weighted by Crippen LogP contribution is -2.11. The van der Waals surface area contributed by atoms with Crippen LogP contribution in [0.1, 0.15) is 21.8 Å². The van der Waals surface area contributed by atoms with Crippen LogP contribution in [0, 0.1) is 11.3 Å². The van der Waals surface area contributed by atoms with Gasteiger partial charge < -0.3 is 9.47 Å². The van der Waals surface area contributed by atoms with E-state index in [2.05, 4.69) is 10.8 Å². The van der Waals surface area contributed by atoms with Crippen LogP contribution in [0.5, 0.6) is 0 Å². The molecule has 84 valence electrons. The van der Waals surface area contributed by atoms with Crippen LogP contribution in [-0.4, -0.2) is 26.8 Å². The fraction of sp³-hybridized carbons (Fsp3) is 0.333. The third-order valence-electron chi connectivity index (χ3n) is 2.23. The van der Waals surface area contributed by atoms with Gasteiger partial charge in [0.1, 0.15) is 0 Å². The van der Waals surface area contributed by atoms with E-state index < -0.39 is 11.9 Å². The molecular formula is C12H13NO3. The Bertz CT molecular complexity index is 409. The van der Waals surface area contributed by atoms with Crippen LogP contribution in [0.25, 0.3) is 0 Å². The maximum Gasteiger partial charge on any atom is 0.338 e. The Balaban J connectivity index is 3.12. The molecule has 0 saturated carbocycles. The Kier molecular flexibility index (Phi) is 4.49. The fourth-order valence-corrected chi connectivity index (χ4v) is 1.46. The van der Waals surface area contributed by atoms with Crippen molar-refractivity contribution in [3.8, 4) is 6.07 Å². The lowest BCUT2D eigenvalue weighted by molar-refractivity contribution is 0.0598. The third-order valence-corrected chi connectivity index (χ3v) is 2.23. The summed E-state index contributed by atoms with van der Waals surface area (Å²) in [7, 11) is 2.84. The van der Waals surface area contributed by atoms with Crippen molar-refractivity contribution < 1.29 is 14.3 Å². The van der Waals surface area contributed by atoms with Crippen molar-refractivity contribution >= 4 is 5.97 Å². The molecule has 0 saturated heterocycles. The summed E-state index contributed by atoms with van der Waals surface area (Å²) in [6.07, 6.45) is 0. The maximum absolute atomic E-state index is 11.5. The maximum atomic E-state index is 11.5. The quantitative estimate of drug-likeness (QED) is 0.723. The van der Waals surface area contributed by atoms with Crippen LogP contribution in [-0.2, 0) is 9.47 Å². The molecule has 0 aliphatic carbocycles. The molecule has 0 fully saturated rings. The number of nitriles is 1. The number of nitrogens with zero attached hydrogens (tertiary/aromatic N) is 1. The summed E-state index contributed by atoms with van der Waals surface area (Å²) in [5.41, 5.74) is 1.05. The molecule has 0 amide bonds. The van der Waals surface area contributed by atoms with E-state index in [1.54, 1.807) is 24.3 Å². The number of benzene rings is 1. The normalized spacial score (nSPS) is 11.6. The van der Waals surface area contributed by atoms with E-state index >= 15 is 0 Å². The molecule has 1 unspecified atom stereocenters. The summed E-state index contributed by atoms with van der Waals surface area (Å²) in [4.78, 5) is 11.5. The number of carbonyl (C=O) groups is 1. The van der Waals surface area contributed by atoms with Gasteiger partial charge in [0.05, 0.1) is 31.3 Å². The van der Waals surface area contributed by atoms with E-state index in [9.17, 15) is 4.79 Å². The standard InChI is InChI=1S/C12H13NO3/c1-15-8-9(7-13)10-5-3-4-6-11(10)12(14)16-2/h3-6,9H,8H2,1-2H3. The molecular weight excluding hydrogens is 206 g/mol. The van der Waals surface area contributed by atoms with Crippen molar-refractivity contribution in [2.75, 3.05) is 20.8 Å². The second kappa shape index (κ2) is 5.89. The first-order chi connectivity index (χ1) is 7.74. The second-order valence-corrected chi connectivity index (χ2v) is 3.22. The van der Waals surface area contributed by atoms with Crippen molar-refractivity contribution in [1.29, 1.82) is 5.26 Å². The van der Waals surface area contributed by atoms with E-state index in [1.807, 2.05) is 0 Å². The van der Waals surface area contributed by atoms with Crippen LogP contribution in [0.2, 0.25) is 0 Å². The van der Waals surface area contributed by atoms with E-state index in [4.69, 9.17) is 10.00 Å². The number of esters is 1. The largest absolute Gasteiger partial charge is 0.465 e. The van der Waals surface area contributed by atoms with Crippen molar-refractivity contribution in [2.45, 2.75) is 5.92 Å². The van der Waals surface area contributed by atoms with E-state index in [1.165, 1.54) is 14.2 Å². The summed E-state index contributed by atoms with van der Waals surface area (Å²) in [5, 5.41) is 9.01. The lowest BCUT2D eigenvalue weighted by atomic mass is 9.96. The SMILES string of the molecule is COCC(C#N)c1ccccc1C(=O)OC. The molecule has 1 aromatic carbocycles. The molecule has 0 bridgehead atoms. The monoisotopic (exact) mass is 219 g/mol. The van der Waals surface area contributed by atoms with Gasteiger partial charge in [-0.15, -0.1) is 0 Å². The molecule has 0 heterocycles. The van der Waals surface area contributed by atoms with Crippen LogP contribution >= 0.6 is 0 Å². The van der Waals surface area contributed by atoms with Gasteiger partial charge in [-0.2, -0.15) is 5.26 Å². The molecule has 0 aliphatic rings. The molecule has 4 heteroatoms. The zero-order valence-corrected chi connectivity index (χ0v) is 9.27. The number of hydrogen-bond donors (Lipinski definition) is 0. The predicted octanol–water partition coefficient (Wildman–Crippen LogP) is 1.73. The molecule has 1 rings (SSSR count). The summed E-state index contributed by atoms with van der Waals surface area (Å²) >= 11 is 0. The molecule has 0 aromatic heterocycles. The first-order valence-electron chi connectivity index (χ1n) is 4.80. The van der Waals surface area contributed by atoms with Gasteiger partial charge in [0.15, 0.2) is 0 Å². The van der Waals surface area contributed by atoms with Gasteiger partial charge in [-0.1, -0.05) is 18.2 Å². The Hall–Kier alpha value is -1.86. The Morgan fingerprint density at radius 3 is 2.69 bits per heavy atom. The molecule has 0 N–H and O–H groups in total. The lowest BCUT2D eigenvalue weighted by Gasteiger charge is -2.12. The highest BCUT2D eigenvalue weighted by Gasteiger charge is 2.18.